The summed E-state index contributed by atoms with van der Waals surface area (Å²) in [5, 5.41) is 4.78. The van der Waals surface area contributed by atoms with Gasteiger partial charge in [-0.05, 0) is 34.1 Å². The monoisotopic (exact) mass is 348 g/mol. The highest BCUT2D eigenvalue weighted by molar-refractivity contribution is 9.10. The van der Waals surface area contributed by atoms with E-state index in [4.69, 9.17) is 11.6 Å². The molecule has 18 heavy (non-hydrogen) atoms. The van der Waals surface area contributed by atoms with Crippen LogP contribution in [0.2, 0.25) is 0 Å². The number of hydrogen-bond donors (Lipinski definition) is 1. The first-order valence-corrected chi connectivity index (χ1v) is 7.07. The van der Waals surface area contributed by atoms with Gasteiger partial charge in [0, 0.05) is 9.85 Å². The van der Waals surface area contributed by atoms with Crippen molar-refractivity contribution in [3.05, 3.63) is 45.1 Å². The average Bonchev–Trinajstić information content (AvgIpc) is 2.80. The van der Waals surface area contributed by atoms with Crippen molar-refractivity contribution in [2.24, 2.45) is 0 Å². The van der Waals surface area contributed by atoms with Crippen molar-refractivity contribution in [1.82, 2.24) is 4.98 Å². The van der Waals surface area contributed by atoms with Gasteiger partial charge >= 0.3 is 0 Å². The van der Waals surface area contributed by atoms with Crippen LogP contribution in [0.4, 0.5) is 9.52 Å². The van der Waals surface area contributed by atoms with Crippen molar-refractivity contribution < 1.29 is 9.18 Å². The van der Waals surface area contributed by atoms with Gasteiger partial charge in [0.2, 0.25) is 0 Å². The normalized spacial score (nSPS) is 10.4. The van der Waals surface area contributed by atoms with Gasteiger partial charge < -0.3 is 0 Å². The zero-order chi connectivity index (χ0) is 13.1. The Labute approximate surface area is 120 Å². The summed E-state index contributed by atoms with van der Waals surface area (Å²) < 4.78 is 13.6. The highest BCUT2D eigenvalue weighted by Crippen LogP contribution is 2.21. The number of halogens is 3. The quantitative estimate of drug-likeness (QED) is 0.850. The van der Waals surface area contributed by atoms with Crippen molar-refractivity contribution in [3.8, 4) is 0 Å². The Hall–Kier alpha value is -0.980. The molecule has 1 heterocycles. The maximum absolute atomic E-state index is 13.1. The van der Waals surface area contributed by atoms with Crippen LogP contribution in [-0.2, 0) is 5.88 Å². The first-order valence-electron chi connectivity index (χ1n) is 4.87. The molecule has 0 aliphatic rings. The third-order valence-corrected chi connectivity index (χ3v) is 3.85. The van der Waals surface area contributed by atoms with Crippen LogP contribution in [0.25, 0.3) is 0 Å². The topological polar surface area (TPSA) is 42.0 Å². The number of amides is 1. The van der Waals surface area contributed by atoms with Gasteiger partial charge in [-0.2, -0.15) is 0 Å². The van der Waals surface area contributed by atoms with E-state index in [9.17, 15) is 9.18 Å². The Bertz CT molecular complexity index is 590. The molecular formula is C11H7BrClFN2OS. The van der Waals surface area contributed by atoms with Gasteiger partial charge in [-0.3, -0.25) is 10.1 Å². The van der Waals surface area contributed by atoms with Gasteiger partial charge in [0.1, 0.15) is 5.82 Å². The summed E-state index contributed by atoms with van der Waals surface area (Å²) in [6, 6.07) is 3.92. The second kappa shape index (κ2) is 5.77. The van der Waals surface area contributed by atoms with Crippen LogP contribution in [-0.4, -0.2) is 10.9 Å². The largest absolute Gasteiger partial charge is 0.298 e. The lowest BCUT2D eigenvalue weighted by Crippen LogP contribution is -2.12. The molecule has 0 aliphatic heterocycles. The number of hydrogen-bond acceptors (Lipinski definition) is 3. The molecular weight excluding hydrogens is 343 g/mol. The smallest absolute Gasteiger partial charge is 0.258 e. The highest BCUT2D eigenvalue weighted by Gasteiger charge is 2.13. The Morgan fingerprint density at radius 1 is 1.56 bits per heavy atom. The second-order valence-electron chi connectivity index (χ2n) is 3.36. The van der Waals surface area contributed by atoms with Gasteiger partial charge in [-0.1, -0.05) is 0 Å². The molecule has 0 saturated heterocycles. The van der Waals surface area contributed by atoms with E-state index < -0.39 is 11.7 Å². The van der Waals surface area contributed by atoms with Gasteiger partial charge in [-0.15, -0.1) is 22.9 Å². The molecule has 0 radical (unpaired) electrons. The molecule has 0 atom stereocenters. The van der Waals surface area contributed by atoms with E-state index >= 15 is 0 Å². The van der Waals surface area contributed by atoms with E-state index in [1.54, 1.807) is 5.38 Å². The standard InChI is InChI=1S/C11H7BrClFN2OS/c12-9-2-1-6(14)3-8(9)10(17)16-11-15-7(4-13)5-18-11/h1-3,5H,4H2,(H,15,16,17). The third kappa shape index (κ3) is 3.07. The second-order valence-corrected chi connectivity index (χ2v) is 5.34. The van der Waals surface area contributed by atoms with Gasteiger partial charge in [0.15, 0.2) is 5.13 Å². The molecule has 0 spiro atoms. The van der Waals surface area contributed by atoms with E-state index in [-0.39, 0.29) is 11.4 Å². The van der Waals surface area contributed by atoms with Gasteiger partial charge in [0.25, 0.3) is 5.91 Å². The maximum Gasteiger partial charge on any atom is 0.258 e. The van der Waals surface area contributed by atoms with Crippen molar-refractivity contribution in [3.63, 3.8) is 0 Å². The number of benzene rings is 1. The van der Waals surface area contributed by atoms with Crippen LogP contribution < -0.4 is 5.32 Å². The van der Waals surface area contributed by atoms with Crippen molar-refractivity contribution >= 4 is 49.9 Å². The van der Waals surface area contributed by atoms with E-state index in [1.165, 1.54) is 23.5 Å². The van der Waals surface area contributed by atoms with E-state index in [0.29, 0.717) is 15.3 Å². The first kappa shape index (κ1) is 13.5. The number of aromatic nitrogens is 1. The number of nitrogens with one attached hydrogen (secondary N) is 1. The Morgan fingerprint density at radius 2 is 2.33 bits per heavy atom. The molecule has 0 saturated carbocycles. The lowest BCUT2D eigenvalue weighted by atomic mass is 10.2. The number of carbonyl (C=O) groups is 1. The molecule has 94 valence electrons. The van der Waals surface area contributed by atoms with E-state index in [2.05, 4.69) is 26.2 Å². The van der Waals surface area contributed by atoms with E-state index in [1.807, 2.05) is 0 Å². The van der Waals surface area contributed by atoms with Crippen molar-refractivity contribution in [2.45, 2.75) is 5.88 Å². The lowest BCUT2D eigenvalue weighted by molar-refractivity contribution is 0.102. The molecule has 1 aromatic heterocycles. The molecule has 0 fully saturated rings. The van der Waals surface area contributed by atoms with Gasteiger partial charge in [0.05, 0.1) is 17.1 Å². The number of carbonyl (C=O) groups excluding carboxylic acids is 1. The molecule has 0 aliphatic carbocycles. The Balaban J connectivity index is 2.19. The average molecular weight is 350 g/mol. The number of alkyl halides is 1. The summed E-state index contributed by atoms with van der Waals surface area (Å²) in [5.74, 6) is -0.600. The van der Waals surface area contributed by atoms with E-state index in [0.717, 1.165) is 6.07 Å². The molecule has 2 rings (SSSR count). The van der Waals surface area contributed by atoms with Crippen LogP contribution in [0.3, 0.4) is 0 Å². The third-order valence-electron chi connectivity index (χ3n) is 2.08. The van der Waals surface area contributed by atoms with Gasteiger partial charge in [-0.25, -0.2) is 9.37 Å². The summed E-state index contributed by atoms with van der Waals surface area (Å²) in [6.45, 7) is 0. The minimum atomic E-state index is -0.469. The fourth-order valence-electron chi connectivity index (χ4n) is 1.26. The highest BCUT2D eigenvalue weighted by atomic mass is 79.9. The maximum atomic E-state index is 13.1. The summed E-state index contributed by atoms with van der Waals surface area (Å²) in [5.41, 5.74) is 0.910. The molecule has 2 aromatic rings. The van der Waals surface area contributed by atoms with Crippen LogP contribution in [0.15, 0.2) is 28.1 Å². The summed E-state index contributed by atoms with van der Waals surface area (Å²) in [7, 11) is 0. The minimum absolute atomic E-state index is 0.220. The molecule has 0 unspecified atom stereocenters. The zero-order valence-corrected chi connectivity index (χ0v) is 12.1. The molecule has 1 amide bonds. The molecule has 3 nitrogen and oxygen atoms in total. The molecule has 1 aromatic carbocycles. The SMILES string of the molecule is O=C(Nc1nc(CCl)cs1)c1cc(F)ccc1Br. The Kier molecular flexibility index (Phi) is 4.31. The molecule has 1 N–H and O–H groups in total. The summed E-state index contributed by atoms with van der Waals surface area (Å²) in [4.78, 5) is 16.0. The van der Waals surface area contributed by atoms with Crippen molar-refractivity contribution in [1.29, 1.82) is 0 Å². The fraction of sp³-hybridized carbons (Fsp3) is 0.0909. The van der Waals surface area contributed by atoms with Crippen LogP contribution >= 0.6 is 38.9 Å². The van der Waals surface area contributed by atoms with Crippen LogP contribution in [0, 0.1) is 5.82 Å². The van der Waals surface area contributed by atoms with Crippen LogP contribution in [0.5, 0.6) is 0 Å². The van der Waals surface area contributed by atoms with Crippen molar-refractivity contribution in [2.75, 3.05) is 5.32 Å². The van der Waals surface area contributed by atoms with Crippen LogP contribution in [0.1, 0.15) is 16.1 Å². The first-order chi connectivity index (χ1) is 8.60. The summed E-state index contributed by atoms with van der Waals surface area (Å²) >= 11 is 10.1. The minimum Gasteiger partial charge on any atom is -0.298 e. The fourth-order valence-corrected chi connectivity index (χ4v) is 2.62. The number of rotatable bonds is 3. The molecule has 0 bridgehead atoms. The summed E-state index contributed by atoms with van der Waals surface area (Å²) in [6.07, 6.45) is 0. The number of thiazole rings is 1. The predicted molar refractivity (Wildman–Crippen MR) is 73.7 cm³/mol. The lowest BCUT2D eigenvalue weighted by Gasteiger charge is -2.04. The Morgan fingerprint density at radius 3 is 3.00 bits per heavy atom. The predicted octanol–water partition coefficient (Wildman–Crippen LogP) is 4.04. The molecule has 7 heteroatoms. The zero-order valence-electron chi connectivity index (χ0n) is 8.91. The number of nitrogens with zero attached hydrogens (tertiary/aromatic N) is 1. The number of anilines is 1.